The standard InChI is InChI=1S/C18H17ClFN7O.C15H13ClFN7O2.C15H15ClFN7.C11H7Cl2FN4O2.C10H5Cl2FN4O2.C4H7N3/c1-4-16(28)23-11-5-6-14(20)15(7-11)27(3)17-13(19)9-21-18(25-17)24-12-8-22-26(2)10-12;1-22-8-9(6-19-22)20-15-18-7-11(16)14(21-15)23(2)13-5-10(24(25)26)3-4-12(13)17;1-23-8-10(6-20-23)21-15-19-7-11(16)14(22-15)24(2)13-5-9(18)3-4-12(13)17;1-17(10-7(12)5-15-11(13)16-10)9-4-6(18(19)20)2-3-8(9)14;11-6-4-14-10(12)16-9(6)15-8-3-5(17(18)19)1-2-7(8)13;1-7-3-4(5)2-6-7/h4-10H,1H2,2-3H3,(H,23,28)(H,21,24,25);3-8H,1-2H3,(H,18,20,21);3-8H,18H2,1-2H3,(H,19,21,22);2-5H,1H3;1-4H,(H,14,15,16);2-3H,5H2,1H3. The first kappa shape index (κ1) is 93.3. The van der Waals surface area contributed by atoms with Crippen molar-refractivity contribution in [3.63, 3.8) is 0 Å². The van der Waals surface area contributed by atoms with Gasteiger partial charge in [-0.05, 0) is 83.9 Å². The minimum absolute atomic E-state index is 0.0351. The molecule has 0 saturated heterocycles. The first-order valence-corrected chi connectivity index (χ1v) is 37.2. The van der Waals surface area contributed by atoms with Crippen molar-refractivity contribution in [1.29, 1.82) is 0 Å². The van der Waals surface area contributed by atoms with E-state index in [0.717, 1.165) is 66.4 Å². The normalized spacial score (nSPS) is 10.4. The molecule has 14 aromatic rings. The first-order chi connectivity index (χ1) is 58.8. The van der Waals surface area contributed by atoms with E-state index in [2.05, 4.69) is 103 Å². The van der Waals surface area contributed by atoms with Crippen molar-refractivity contribution in [2.24, 2.45) is 28.2 Å². The maximum Gasteiger partial charge on any atom is 0.271 e. The van der Waals surface area contributed by atoms with Gasteiger partial charge in [-0.25, -0.2) is 46.9 Å². The number of non-ortho nitro benzene ring substituents is 3. The molecule has 0 saturated carbocycles. The number of nitrogens with one attached hydrogen (secondary N) is 5. The van der Waals surface area contributed by atoms with Crippen molar-refractivity contribution < 1.29 is 41.5 Å². The Hall–Kier alpha value is -14.6. The Kier molecular flexibility index (Phi) is 32.0. The van der Waals surface area contributed by atoms with E-state index in [0.29, 0.717) is 40.2 Å². The van der Waals surface area contributed by atoms with E-state index in [1.54, 1.807) is 104 Å². The molecule has 0 unspecified atom stereocenters. The fraction of sp³-hybridized carbons (Fsp3) is 0.110. The molecule has 0 atom stereocenters. The molecule has 0 aliphatic carbocycles. The summed E-state index contributed by atoms with van der Waals surface area (Å²) in [5.41, 5.74) is 14.1. The predicted molar refractivity (Wildman–Crippen MR) is 463 cm³/mol. The number of aromatic nitrogens is 18. The number of nitrogens with zero attached hydrogens (tertiary/aromatic N) is 25. The minimum Gasteiger partial charge on any atom is -0.399 e. The Morgan fingerprint density at radius 3 is 1.11 bits per heavy atom. The van der Waals surface area contributed by atoms with Gasteiger partial charge in [0.25, 0.3) is 17.1 Å². The van der Waals surface area contributed by atoms with Crippen LogP contribution in [0.1, 0.15) is 0 Å². The van der Waals surface area contributed by atoms with Crippen LogP contribution in [-0.4, -0.2) is 138 Å². The highest BCUT2D eigenvalue weighted by atomic mass is 35.5. The van der Waals surface area contributed by atoms with Gasteiger partial charge in [-0.1, -0.05) is 64.6 Å². The Morgan fingerprint density at radius 2 is 0.742 bits per heavy atom. The number of carbonyl (C=O) groups excluding carboxylic acids is 1. The topological polar surface area (TPSA) is 472 Å². The molecule has 51 heteroatoms. The van der Waals surface area contributed by atoms with E-state index in [1.165, 1.54) is 101 Å². The van der Waals surface area contributed by atoms with Crippen LogP contribution in [-0.2, 0) is 33.0 Å². The zero-order chi connectivity index (χ0) is 90.5. The number of nitrogen functional groups attached to an aromatic ring is 2. The molecule has 0 spiro atoms. The Labute approximate surface area is 733 Å². The molecule has 39 nitrogen and oxygen atoms in total. The smallest absolute Gasteiger partial charge is 0.271 e. The number of nitro benzene ring substituents is 3. The summed E-state index contributed by atoms with van der Waals surface area (Å²) in [6, 6.07) is 17.9. The van der Waals surface area contributed by atoms with Crippen molar-refractivity contribution in [1.82, 2.24) is 89.0 Å². The van der Waals surface area contributed by atoms with E-state index in [9.17, 15) is 57.1 Å². The number of rotatable bonds is 21. The molecule has 0 bridgehead atoms. The van der Waals surface area contributed by atoms with E-state index in [-0.39, 0.29) is 116 Å². The number of aryl methyl sites for hydroxylation is 4. The van der Waals surface area contributed by atoms with Crippen LogP contribution in [0, 0.1) is 59.4 Å². The average molecular weight is 1840 g/mol. The molecule has 642 valence electrons. The third-order valence-electron chi connectivity index (χ3n) is 16.0. The molecule has 0 fully saturated rings. The number of hydrogen-bond donors (Lipinski definition) is 7. The zero-order valence-corrected chi connectivity index (χ0v) is 70.5. The molecule has 0 aliphatic rings. The molecule has 124 heavy (non-hydrogen) atoms. The second kappa shape index (κ2) is 42.6. The van der Waals surface area contributed by atoms with Crippen molar-refractivity contribution in [3.8, 4) is 0 Å². The SMILES string of the molecule is C=CC(=O)Nc1ccc(F)c(N(C)c2nc(Nc3cnn(C)c3)ncc2Cl)c1.CN(c1cc(N)ccc1F)c1nc(Nc2cnn(C)c2)ncc1Cl.CN(c1cc([N+](=O)[O-])ccc1F)c1nc(Cl)ncc1Cl.CN(c1cc([N+](=O)[O-])ccc1F)c1nc(Nc2cnn(C)c2)ncc1Cl.Cn1cc(N)cn1.O=[N+]([O-])c1ccc(F)c(Nc2nc(Cl)ncc2Cl)c1. The highest BCUT2D eigenvalue weighted by Crippen LogP contribution is 2.39. The average Bonchev–Trinajstić information content (AvgIpc) is 1.18. The van der Waals surface area contributed by atoms with Crippen molar-refractivity contribution >= 4 is 214 Å². The fourth-order valence-electron chi connectivity index (χ4n) is 10.1. The number of amides is 1. The van der Waals surface area contributed by atoms with E-state index < -0.39 is 49.8 Å². The summed E-state index contributed by atoms with van der Waals surface area (Å²) in [6.07, 6.45) is 21.3. The molecule has 14 rings (SSSR count). The minimum atomic E-state index is -0.684. The third-order valence-corrected chi connectivity index (χ3v) is 17.7. The van der Waals surface area contributed by atoms with Crippen LogP contribution in [0.4, 0.5) is 149 Å². The summed E-state index contributed by atoms with van der Waals surface area (Å²) in [5, 5.41) is 63.1. The fourth-order valence-corrected chi connectivity index (χ4v) is 11.4. The highest BCUT2D eigenvalue weighted by molar-refractivity contribution is 6.35. The molecule has 5 aromatic carbocycles. The molecule has 9 aromatic heterocycles. The van der Waals surface area contributed by atoms with Crippen LogP contribution < -0.4 is 57.7 Å². The molecule has 0 aliphatic heterocycles. The van der Waals surface area contributed by atoms with Gasteiger partial charge in [-0.3, -0.25) is 53.9 Å². The maximum atomic E-state index is 14.4. The lowest BCUT2D eigenvalue weighted by atomic mass is 10.2. The third kappa shape index (κ3) is 25.7. The van der Waals surface area contributed by atoms with Crippen LogP contribution >= 0.6 is 81.2 Å². The number of nitrogens with two attached hydrogens (primary N) is 2. The van der Waals surface area contributed by atoms with Gasteiger partial charge in [0.15, 0.2) is 29.1 Å². The van der Waals surface area contributed by atoms with E-state index in [4.69, 9.17) is 92.7 Å². The van der Waals surface area contributed by atoms with Crippen molar-refractivity contribution in [2.75, 3.05) is 85.8 Å². The van der Waals surface area contributed by atoms with Crippen LogP contribution in [0.5, 0.6) is 0 Å². The van der Waals surface area contributed by atoms with E-state index >= 15 is 0 Å². The van der Waals surface area contributed by atoms with Crippen LogP contribution in [0.25, 0.3) is 0 Å². The van der Waals surface area contributed by atoms with Gasteiger partial charge < -0.3 is 57.7 Å². The molecule has 1 amide bonds. The second-order valence-electron chi connectivity index (χ2n) is 24.9. The monoisotopic (exact) mass is 1840 g/mol. The zero-order valence-electron chi connectivity index (χ0n) is 65.2. The number of nitro groups is 3. The quantitative estimate of drug-likeness (QED) is 0.00877. The van der Waals surface area contributed by atoms with Gasteiger partial charge in [-0.2, -0.15) is 45.3 Å². The Balaban J connectivity index is 0.000000173. The van der Waals surface area contributed by atoms with Crippen LogP contribution in [0.15, 0.2) is 184 Å². The summed E-state index contributed by atoms with van der Waals surface area (Å²) in [5.74, 6) is -1.47. The van der Waals surface area contributed by atoms with Gasteiger partial charge in [0.05, 0.1) is 122 Å². The van der Waals surface area contributed by atoms with Crippen LogP contribution in [0.2, 0.25) is 35.7 Å². The molecule has 0 radical (unpaired) electrons. The summed E-state index contributed by atoms with van der Waals surface area (Å²) in [4.78, 5) is 87.8. The molecule has 9 N–H and O–H groups in total. The summed E-state index contributed by atoms with van der Waals surface area (Å²) in [7, 11) is 13.4. The Morgan fingerprint density at radius 1 is 0.403 bits per heavy atom. The van der Waals surface area contributed by atoms with Gasteiger partial charge >= 0.3 is 0 Å². The predicted octanol–water partition coefficient (Wildman–Crippen LogP) is 17.3. The van der Waals surface area contributed by atoms with Crippen molar-refractivity contribution in [2.45, 2.75) is 0 Å². The lowest BCUT2D eigenvalue weighted by Crippen LogP contribution is -2.15. The number of halogens is 12. The maximum absolute atomic E-state index is 14.4. The summed E-state index contributed by atoms with van der Waals surface area (Å²) < 4.78 is 76.6. The second-order valence-corrected chi connectivity index (χ2v) is 27.6. The van der Waals surface area contributed by atoms with Gasteiger partial charge in [0.1, 0.15) is 54.2 Å². The summed E-state index contributed by atoms with van der Waals surface area (Å²) in [6.45, 7) is 3.39. The van der Waals surface area contributed by atoms with Crippen molar-refractivity contribution in [3.05, 3.63) is 279 Å². The van der Waals surface area contributed by atoms with Gasteiger partial charge in [-0.15, -0.1) is 0 Å². The number of carbonyl (C=O) groups is 1. The largest absolute Gasteiger partial charge is 0.399 e. The number of benzene rings is 5. The first-order valence-electron chi connectivity index (χ1n) is 34.6. The number of anilines is 19. The van der Waals surface area contributed by atoms with Crippen LogP contribution in [0.3, 0.4) is 0 Å². The molecule has 9 heterocycles. The highest BCUT2D eigenvalue weighted by Gasteiger charge is 2.24. The lowest BCUT2D eigenvalue weighted by Gasteiger charge is -2.21. The van der Waals surface area contributed by atoms with E-state index in [1.807, 2.05) is 7.05 Å². The lowest BCUT2D eigenvalue weighted by molar-refractivity contribution is -0.385. The summed E-state index contributed by atoms with van der Waals surface area (Å²) >= 11 is 41.5. The number of hydrogen-bond acceptors (Lipinski definition) is 31. The Bertz CT molecular complexity index is 6200. The molecular formula is C73H64Cl7F5N32O7. The molecular weight excluding hydrogens is 1780 g/mol. The van der Waals surface area contributed by atoms with Gasteiger partial charge in [0.2, 0.25) is 34.3 Å². The van der Waals surface area contributed by atoms with Gasteiger partial charge in [0, 0.05) is 129 Å².